The first-order chi connectivity index (χ1) is 21.5. The van der Waals surface area contributed by atoms with Crippen LogP contribution in [0.5, 0.6) is 0 Å². The van der Waals surface area contributed by atoms with E-state index in [1.807, 2.05) is 24.3 Å². The van der Waals surface area contributed by atoms with Crippen LogP contribution in [0.1, 0.15) is 84.5 Å². The number of piperidine rings is 1. The number of nitrogens with one attached hydrogen (secondary N) is 2. The third-order valence-electron chi connectivity index (χ3n) is 9.74. The van der Waals surface area contributed by atoms with Crippen LogP contribution in [0, 0.1) is 24.6 Å². The normalized spacial score (nSPS) is 23.6. The number of rotatable bonds is 6. The van der Waals surface area contributed by atoms with Crippen molar-refractivity contribution in [1.29, 1.82) is 0 Å². The first kappa shape index (κ1) is 31.4. The number of aryl methyl sites for hydroxylation is 1. The molecular formula is C35H36ClF4N3O2. The van der Waals surface area contributed by atoms with Crippen molar-refractivity contribution in [2.75, 3.05) is 10.6 Å². The predicted molar refractivity (Wildman–Crippen MR) is 167 cm³/mol. The number of carbonyl (C=O) groups is 2. The summed E-state index contributed by atoms with van der Waals surface area (Å²) in [5.74, 6) is -2.41. The van der Waals surface area contributed by atoms with Crippen molar-refractivity contribution >= 4 is 34.8 Å². The Morgan fingerprint density at radius 2 is 1.62 bits per heavy atom. The van der Waals surface area contributed by atoms with E-state index in [-0.39, 0.29) is 23.2 Å². The van der Waals surface area contributed by atoms with E-state index in [0.29, 0.717) is 23.6 Å². The summed E-state index contributed by atoms with van der Waals surface area (Å²) in [5.41, 5.74) is 1.04. The number of amides is 2. The van der Waals surface area contributed by atoms with Crippen molar-refractivity contribution < 1.29 is 27.2 Å². The maximum Gasteiger partial charge on any atom is 0.417 e. The highest BCUT2D eigenvalue weighted by Crippen LogP contribution is 2.49. The van der Waals surface area contributed by atoms with E-state index in [1.54, 1.807) is 24.0 Å². The molecule has 5 nitrogen and oxygen atoms in total. The van der Waals surface area contributed by atoms with Crippen LogP contribution in [-0.4, -0.2) is 28.8 Å². The zero-order valence-corrected chi connectivity index (χ0v) is 25.7. The standard InChI is InChI=1S/C35H36ClF4N3O2/c1-20-6-4-10-29(37)31(20)34(45)43-30-11-5-7-22(30)18-26(33(44)42-25-16-17-28(36)27(19-25)35(38,39)40)32(43)21-12-14-24(15-13-21)41-23-8-2-3-9-23/h4,6,10,12-17,19,22-23,26,30,32,41H,2-3,5,7-9,11,18H2,1H3,(H,42,44). The lowest BCUT2D eigenvalue weighted by Gasteiger charge is -2.48. The van der Waals surface area contributed by atoms with Gasteiger partial charge in [-0.15, -0.1) is 0 Å². The quantitative estimate of drug-likeness (QED) is 0.264. The average Bonchev–Trinajstić information content (AvgIpc) is 3.69. The van der Waals surface area contributed by atoms with Crippen LogP contribution in [-0.2, 0) is 11.0 Å². The minimum absolute atomic E-state index is 0.00714. The largest absolute Gasteiger partial charge is 0.417 e. The molecule has 2 amide bonds. The van der Waals surface area contributed by atoms with Gasteiger partial charge >= 0.3 is 6.18 Å². The summed E-state index contributed by atoms with van der Waals surface area (Å²) in [5, 5.41) is 5.79. The highest BCUT2D eigenvalue weighted by molar-refractivity contribution is 6.31. The highest BCUT2D eigenvalue weighted by Gasteiger charge is 2.50. The minimum Gasteiger partial charge on any atom is -0.382 e. The predicted octanol–water partition coefficient (Wildman–Crippen LogP) is 9.17. The molecule has 3 fully saturated rings. The number of anilines is 2. The molecule has 10 heteroatoms. The molecule has 4 unspecified atom stereocenters. The third kappa shape index (κ3) is 6.41. The molecule has 6 rings (SSSR count). The Hall–Kier alpha value is -3.59. The van der Waals surface area contributed by atoms with Gasteiger partial charge in [0.05, 0.1) is 28.1 Å². The Morgan fingerprint density at radius 3 is 2.31 bits per heavy atom. The van der Waals surface area contributed by atoms with Gasteiger partial charge in [-0.25, -0.2) is 4.39 Å². The van der Waals surface area contributed by atoms with Gasteiger partial charge in [0.15, 0.2) is 0 Å². The zero-order valence-electron chi connectivity index (χ0n) is 25.0. The van der Waals surface area contributed by atoms with Gasteiger partial charge in [-0.2, -0.15) is 13.2 Å². The molecule has 0 radical (unpaired) electrons. The van der Waals surface area contributed by atoms with Crippen LogP contribution in [0.3, 0.4) is 0 Å². The lowest BCUT2D eigenvalue weighted by atomic mass is 9.76. The molecule has 0 spiro atoms. The van der Waals surface area contributed by atoms with E-state index in [0.717, 1.165) is 49.9 Å². The summed E-state index contributed by atoms with van der Waals surface area (Å²) in [6.45, 7) is 1.69. The second kappa shape index (κ2) is 12.7. The maximum atomic E-state index is 15.2. The summed E-state index contributed by atoms with van der Waals surface area (Å²) < 4.78 is 56.1. The number of fused-ring (bicyclic) bond motifs is 1. The fourth-order valence-corrected chi connectivity index (χ4v) is 7.83. The molecular weight excluding hydrogens is 606 g/mol. The number of alkyl halides is 3. The van der Waals surface area contributed by atoms with Crippen LogP contribution in [0.25, 0.3) is 0 Å². The summed E-state index contributed by atoms with van der Waals surface area (Å²) in [7, 11) is 0. The summed E-state index contributed by atoms with van der Waals surface area (Å²) in [6.07, 6.45) is 2.69. The van der Waals surface area contributed by atoms with Crippen LogP contribution in [0.4, 0.5) is 28.9 Å². The van der Waals surface area contributed by atoms with E-state index >= 15 is 4.39 Å². The Balaban J connectivity index is 1.39. The van der Waals surface area contributed by atoms with Gasteiger partial charge in [0.2, 0.25) is 5.91 Å². The maximum absolute atomic E-state index is 15.2. The van der Waals surface area contributed by atoms with Crippen LogP contribution in [0.15, 0.2) is 60.7 Å². The Kier molecular flexibility index (Phi) is 8.83. The summed E-state index contributed by atoms with van der Waals surface area (Å²) in [6, 6.07) is 14.9. The molecule has 1 saturated heterocycles. The van der Waals surface area contributed by atoms with Crippen molar-refractivity contribution in [1.82, 2.24) is 4.90 Å². The van der Waals surface area contributed by atoms with Crippen LogP contribution < -0.4 is 10.6 Å². The van der Waals surface area contributed by atoms with Crippen molar-refractivity contribution in [3.63, 3.8) is 0 Å². The van der Waals surface area contributed by atoms with Crippen molar-refractivity contribution in [3.8, 4) is 0 Å². The summed E-state index contributed by atoms with van der Waals surface area (Å²) in [4.78, 5) is 30.2. The van der Waals surface area contributed by atoms with E-state index in [9.17, 15) is 22.8 Å². The first-order valence-electron chi connectivity index (χ1n) is 15.6. The van der Waals surface area contributed by atoms with Gasteiger partial charge in [0.25, 0.3) is 5.91 Å². The molecule has 3 aromatic rings. The monoisotopic (exact) mass is 641 g/mol. The number of benzene rings is 3. The van der Waals surface area contributed by atoms with Crippen molar-refractivity contribution in [2.45, 2.75) is 82.6 Å². The topological polar surface area (TPSA) is 61.4 Å². The molecule has 238 valence electrons. The van der Waals surface area contributed by atoms with Gasteiger partial charge in [-0.3, -0.25) is 9.59 Å². The molecule has 4 atom stereocenters. The second-order valence-corrected chi connectivity index (χ2v) is 13.0. The van der Waals surface area contributed by atoms with Gasteiger partial charge < -0.3 is 15.5 Å². The SMILES string of the molecule is Cc1cccc(F)c1C(=O)N1C2CCCC2CC(C(=O)Nc2ccc(Cl)c(C(F)(F)F)c2)C1c1ccc(NC2CCCC2)cc1. The Labute approximate surface area is 265 Å². The third-order valence-corrected chi connectivity index (χ3v) is 10.1. The van der Waals surface area contributed by atoms with E-state index in [1.165, 1.54) is 25.0 Å². The number of halogens is 5. The molecule has 45 heavy (non-hydrogen) atoms. The molecule has 0 bridgehead atoms. The van der Waals surface area contributed by atoms with Crippen LogP contribution in [0.2, 0.25) is 5.02 Å². The average molecular weight is 642 g/mol. The molecule has 3 aliphatic rings. The molecule has 1 aliphatic heterocycles. The van der Waals surface area contributed by atoms with Crippen LogP contribution >= 0.6 is 11.6 Å². The zero-order chi connectivity index (χ0) is 31.9. The van der Waals surface area contributed by atoms with E-state index in [4.69, 9.17) is 11.6 Å². The first-order valence-corrected chi connectivity index (χ1v) is 16.0. The lowest BCUT2D eigenvalue weighted by molar-refractivity contribution is -0.137. The number of nitrogens with zero attached hydrogens (tertiary/aromatic N) is 1. The van der Waals surface area contributed by atoms with Gasteiger partial charge in [0.1, 0.15) is 5.82 Å². The fraction of sp³-hybridized carbons (Fsp3) is 0.429. The van der Waals surface area contributed by atoms with Gasteiger partial charge in [0, 0.05) is 23.5 Å². The molecule has 2 N–H and O–H groups in total. The number of carbonyl (C=O) groups excluding carboxylic acids is 2. The molecule has 2 saturated carbocycles. The van der Waals surface area contributed by atoms with Crippen molar-refractivity contribution in [2.24, 2.45) is 11.8 Å². The van der Waals surface area contributed by atoms with Gasteiger partial charge in [-0.05, 0) is 92.5 Å². The van der Waals surface area contributed by atoms with E-state index < -0.39 is 46.4 Å². The Morgan fingerprint density at radius 1 is 0.911 bits per heavy atom. The number of hydrogen-bond acceptors (Lipinski definition) is 3. The van der Waals surface area contributed by atoms with E-state index in [2.05, 4.69) is 10.6 Å². The number of hydrogen-bond donors (Lipinski definition) is 2. The molecule has 0 aromatic heterocycles. The lowest BCUT2D eigenvalue weighted by Crippen LogP contribution is -2.54. The molecule has 3 aromatic carbocycles. The van der Waals surface area contributed by atoms with Crippen molar-refractivity contribution in [3.05, 3.63) is 93.8 Å². The fourth-order valence-electron chi connectivity index (χ4n) is 7.60. The minimum atomic E-state index is -4.70. The molecule has 1 heterocycles. The number of likely N-dealkylation sites (tertiary alicyclic amines) is 1. The highest BCUT2D eigenvalue weighted by atomic mass is 35.5. The smallest absolute Gasteiger partial charge is 0.382 e. The second-order valence-electron chi connectivity index (χ2n) is 12.6. The Bertz CT molecular complexity index is 1550. The van der Waals surface area contributed by atoms with Gasteiger partial charge in [-0.1, -0.05) is 55.1 Å². The molecule has 2 aliphatic carbocycles. The summed E-state index contributed by atoms with van der Waals surface area (Å²) >= 11 is 5.82.